The van der Waals surface area contributed by atoms with Crippen molar-refractivity contribution < 1.29 is 20.1 Å². The standard InChI is InChI=1S/C9H10O4.H3N/c10-7-3-1-2-6(9(7)13)4-5-8(11)12;/h1-3,10,13H,4-5H2,(H,11,12);1H3. The molecule has 0 bridgehead atoms. The number of aliphatic carboxylic acids is 1. The van der Waals surface area contributed by atoms with Gasteiger partial charge >= 0.3 is 5.97 Å². The lowest BCUT2D eigenvalue weighted by atomic mass is 10.1. The van der Waals surface area contributed by atoms with Gasteiger partial charge in [0.15, 0.2) is 11.5 Å². The van der Waals surface area contributed by atoms with Crippen LogP contribution in [-0.4, -0.2) is 21.3 Å². The first-order valence-electron chi connectivity index (χ1n) is 3.83. The van der Waals surface area contributed by atoms with E-state index < -0.39 is 5.97 Å². The molecule has 0 fully saturated rings. The van der Waals surface area contributed by atoms with E-state index in [-0.39, 0.29) is 30.5 Å². The maximum absolute atomic E-state index is 10.2. The lowest BCUT2D eigenvalue weighted by Gasteiger charge is -2.03. The van der Waals surface area contributed by atoms with E-state index in [0.29, 0.717) is 5.56 Å². The van der Waals surface area contributed by atoms with E-state index in [1.54, 1.807) is 12.1 Å². The molecule has 0 amide bonds. The van der Waals surface area contributed by atoms with Crippen molar-refractivity contribution in [3.63, 3.8) is 0 Å². The maximum atomic E-state index is 10.2. The van der Waals surface area contributed by atoms with E-state index in [0.717, 1.165) is 0 Å². The molecule has 0 aromatic heterocycles. The minimum absolute atomic E-state index is 0. The van der Waals surface area contributed by atoms with E-state index in [1.165, 1.54) is 6.07 Å². The van der Waals surface area contributed by atoms with Gasteiger partial charge in [0.25, 0.3) is 0 Å². The average Bonchev–Trinajstić information content (AvgIpc) is 2.07. The van der Waals surface area contributed by atoms with E-state index in [4.69, 9.17) is 10.2 Å². The summed E-state index contributed by atoms with van der Waals surface area (Å²) in [6.45, 7) is 0. The molecule has 5 nitrogen and oxygen atoms in total. The Kier molecular flexibility index (Phi) is 4.45. The van der Waals surface area contributed by atoms with Gasteiger partial charge in [0.2, 0.25) is 0 Å². The fraction of sp³-hybridized carbons (Fsp3) is 0.222. The molecular weight excluding hydrogens is 186 g/mol. The summed E-state index contributed by atoms with van der Waals surface area (Å²) < 4.78 is 0. The minimum atomic E-state index is -0.928. The third-order valence-electron chi connectivity index (χ3n) is 1.71. The number of carbonyl (C=O) groups is 1. The van der Waals surface area contributed by atoms with Crippen molar-refractivity contribution in [3.05, 3.63) is 23.8 Å². The summed E-state index contributed by atoms with van der Waals surface area (Å²) in [6.07, 6.45) is 0.159. The van der Waals surface area contributed by atoms with Crippen LogP contribution in [0, 0.1) is 0 Å². The van der Waals surface area contributed by atoms with Gasteiger partial charge in [-0.3, -0.25) is 4.79 Å². The van der Waals surface area contributed by atoms with Gasteiger partial charge in [0.05, 0.1) is 0 Å². The van der Waals surface area contributed by atoms with Crippen LogP contribution in [0.25, 0.3) is 0 Å². The van der Waals surface area contributed by atoms with Gasteiger partial charge in [-0.1, -0.05) is 12.1 Å². The summed E-state index contributed by atoms with van der Waals surface area (Å²) in [5, 5.41) is 26.7. The van der Waals surface area contributed by atoms with Crippen molar-refractivity contribution in [3.8, 4) is 11.5 Å². The number of rotatable bonds is 3. The predicted molar refractivity (Wildman–Crippen MR) is 50.8 cm³/mol. The highest BCUT2D eigenvalue weighted by Gasteiger charge is 2.06. The molecule has 6 N–H and O–H groups in total. The number of phenols is 2. The summed E-state index contributed by atoms with van der Waals surface area (Å²) >= 11 is 0. The van der Waals surface area contributed by atoms with E-state index in [2.05, 4.69) is 0 Å². The molecule has 1 aromatic rings. The topological polar surface area (TPSA) is 113 Å². The Morgan fingerprint density at radius 1 is 1.29 bits per heavy atom. The van der Waals surface area contributed by atoms with Crippen LogP contribution in [0.5, 0.6) is 11.5 Å². The summed E-state index contributed by atoms with van der Waals surface area (Å²) in [5.41, 5.74) is 0.447. The number of aryl methyl sites for hydroxylation is 1. The number of benzene rings is 1. The highest BCUT2D eigenvalue weighted by atomic mass is 16.4. The zero-order chi connectivity index (χ0) is 9.84. The molecule has 0 radical (unpaired) electrons. The normalized spacial score (nSPS) is 9.14. The molecule has 14 heavy (non-hydrogen) atoms. The van der Waals surface area contributed by atoms with Gasteiger partial charge in [-0.25, -0.2) is 0 Å². The van der Waals surface area contributed by atoms with Crippen molar-refractivity contribution >= 4 is 5.97 Å². The number of hydrogen-bond acceptors (Lipinski definition) is 4. The van der Waals surface area contributed by atoms with E-state index in [1.807, 2.05) is 0 Å². The molecule has 0 spiro atoms. The Bertz CT molecular complexity index is 325. The second kappa shape index (κ2) is 5.08. The maximum Gasteiger partial charge on any atom is 0.303 e. The fourth-order valence-electron chi connectivity index (χ4n) is 1.02. The zero-order valence-electron chi connectivity index (χ0n) is 7.60. The Balaban J connectivity index is 0.00000169. The molecule has 5 heteroatoms. The Hall–Kier alpha value is -1.75. The Labute approximate surface area is 81.2 Å². The van der Waals surface area contributed by atoms with Crippen LogP contribution in [0.4, 0.5) is 0 Å². The number of carboxylic acid groups (broad SMARTS) is 1. The lowest BCUT2D eigenvalue weighted by molar-refractivity contribution is -0.136. The highest BCUT2D eigenvalue weighted by Crippen LogP contribution is 2.28. The summed E-state index contributed by atoms with van der Waals surface area (Å²) in [6, 6.07) is 4.49. The number of phenolic OH excluding ortho intramolecular Hbond substituents is 2. The number of para-hydroxylation sites is 1. The van der Waals surface area contributed by atoms with Crippen molar-refractivity contribution in [2.45, 2.75) is 12.8 Å². The molecule has 0 saturated heterocycles. The van der Waals surface area contributed by atoms with Crippen LogP contribution in [-0.2, 0) is 11.2 Å². The van der Waals surface area contributed by atoms with Gasteiger partial charge in [-0.15, -0.1) is 0 Å². The van der Waals surface area contributed by atoms with Crippen molar-refractivity contribution in [1.29, 1.82) is 0 Å². The van der Waals surface area contributed by atoms with Crippen molar-refractivity contribution in [2.24, 2.45) is 0 Å². The SMILES string of the molecule is N.O=C(O)CCc1cccc(O)c1O. The second-order valence-electron chi connectivity index (χ2n) is 2.68. The van der Waals surface area contributed by atoms with E-state index >= 15 is 0 Å². The number of aromatic hydroxyl groups is 2. The quantitative estimate of drug-likeness (QED) is 0.547. The summed E-state index contributed by atoms with van der Waals surface area (Å²) in [5.74, 6) is -1.38. The van der Waals surface area contributed by atoms with Gasteiger partial charge in [-0.05, 0) is 18.1 Å². The van der Waals surface area contributed by atoms with Crippen LogP contribution in [0.1, 0.15) is 12.0 Å². The number of hydrogen-bond donors (Lipinski definition) is 4. The van der Waals surface area contributed by atoms with E-state index in [9.17, 15) is 9.90 Å². The fourth-order valence-corrected chi connectivity index (χ4v) is 1.02. The predicted octanol–water partition coefficient (Wildman–Crippen LogP) is 1.28. The van der Waals surface area contributed by atoms with Gasteiger partial charge < -0.3 is 21.5 Å². The second-order valence-corrected chi connectivity index (χ2v) is 2.68. The minimum Gasteiger partial charge on any atom is -0.504 e. The Morgan fingerprint density at radius 2 is 1.93 bits per heavy atom. The smallest absolute Gasteiger partial charge is 0.303 e. The molecule has 78 valence electrons. The van der Waals surface area contributed by atoms with Crippen molar-refractivity contribution in [1.82, 2.24) is 6.15 Å². The first-order chi connectivity index (χ1) is 6.11. The third kappa shape index (κ3) is 2.95. The van der Waals surface area contributed by atoms with Crippen LogP contribution in [0.15, 0.2) is 18.2 Å². The van der Waals surface area contributed by atoms with Gasteiger partial charge in [0.1, 0.15) is 0 Å². The first-order valence-corrected chi connectivity index (χ1v) is 3.83. The molecule has 0 saturated carbocycles. The summed E-state index contributed by atoms with van der Waals surface area (Å²) in [7, 11) is 0. The van der Waals surface area contributed by atoms with Crippen LogP contribution >= 0.6 is 0 Å². The molecule has 0 unspecified atom stereocenters. The Morgan fingerprint density at radius 3 is 2.50 bits per heavy atom. The monoisotopic (exact) mass is 199 g/mol. The van der Waals surface area contributed by atoms with Crippen LogP contribution in [0.3, 0.4) is 0 Å². The molecular formula is C9H13NO4. The highest BCUT2D eigenvalue weighted by molar-refractivity contribution is 5.67. The lowest BCUT2D eigenvalue weighted by Crippen LogP contribution is -1.97. The molecule has 0 aliphatic rings. The molecule has 0 heterocycles. The molecule has 0 atom stereocenters. The molecule has 1 aromatic carbocycles. The molecule has 0 aliphatic heterocycles. The molecule has 0 aliphatic carbocycles. The average molecular weight is 199 g/mol. The van der Waals surface area contributed by atoms with Crippen molar-refractivity contribution in [2.75, 3.05) is 0 Å². The number of carboxylic acids is 1. The van der Waals surface area contributed by atoms with Crippen LogP contribution in [0.2, 0.25) is 0 Å². The zero-order valence-corrected chi connectivity index (χ0v) is 7.60. The van der Waals surface area contributed by atoms with Gasteiger partial charge in [-0.2, -0.15) is 0 Å². The van der Waals surface area contributed by atoms with Crippen LogP contribution < -0.4 is 6.15 Å². The van der Waals surface area contributed by atoms with Gasteiger partial charge in [0, 0.05) is 6.42 Å². The third-order valence-corrected chi connectivity index (χ3v) is 1.71. The summed E-state index contributed by atoms with van der Waals surface area (Å²) in [4.78, 5) is 10.2. The first kappa shape index (κ1) is 12.2. The largest absolute Gasteiger partial charge is 0.504 e. The molecule has 1 rings (SSSR count).